The maximum Gasteiger partial charge on any atom is 0.351 e. The van der Waals surface area contributed by atoms with Gasteiger partial charge in [0.2, 0.25) is 11.8 Å². The lowest BCUT2D eigenvalue weighted by Gasteiger charge is -2.15. The van der Waals surface area contributed by atoms with E-state index in [1.165, 1.54) is 17.1 Å². The normalized spacial score (nSPS) is 27.7. The van der Waals surface area contributed by atoms with Crippen LogP contribution in [0.15, 0.2) is 23.4 Å². The predicted molar refractivity (Wildman–Crippen MR) is 125 cm³/mol. The summed E-state index contributed by atoms with van der Waals surface area (Å²) >= 11 is 0. The molecule has 0 aliphatic carbocycles. The van der Waals surface area contributed by atoms with E-state index in [0.29, 0.717) is 17.0 Å². The molecule has 2 saturated heterocycles. The van der Waals surface area contributed by atoms with Gasteiger partial charge in [-0.2, -0.15) is 15.0 Å². The number of anilines is 2. The monoisotopic (exact) mass is 520 g/mol. The summed E-state index contributed by atoms with van der Waals surface area (Å²) < 4.78 is 19.8. The highest BCUT2D eigenvalue weighted by Gasteiger charge is 2.36. The van der Waals surface area contributed by atoms with Crippen molar-refractivity contribution in [3.63, 3.8) is 0 Å². The Balaban J connectivity index is 1.20. The van der Waals surface area contributed by atoms with Gasteiger partial charge in [-0.05, 0) is 6.07 Å². The van der Waals surface area contributed by atoms with Gasteiger partial charge in [0.25, 0.3) is 0 Å². The van der Waals surface area contributed by atoms with Crippen molar-refractivity contribution in [1.82, 2.24) is 29.1 Å². The lowest BCUT2D eigenvalue weighted by Crippen LogP contribution is -2.28. The summed E-state index contributed by atoms with van der Waals surface area (Å²) in [5.74, 6) is 0.426. The molecule has 0 unspecified atom stereocenters. The molecule has 0 radical (unpaired) electrons. The number of aliphatic hydroxyl groups is 4. The van der Waals surface area contributed by atoms with Gasteiger partial charge in [-0.25, -0.2) is 9.78 Å². The minimum absolute atomic E-state index is 0.0394. The van der Waals surface area contributed by atoms with Crippen molar-refractivity contribution in [2.45, 2.75) is 49.7 Å². The number of imidazole rings is 1. The highest BCUT2D eigenvalue weighted by molar-refractivity contribution is 5.77. The number of aromatic nitrogens is 6. The lowest BCUT2D eigenvalue weighted by molar-refractivity contribution is -0.0458. The minimum atomic E-state index is -0.861. The number of rotatable bonds is 9. The zero-order chi connectivity index (χ0) is 26.1. The number of aliphatic hydroxyl groups excluding tert-OH is 4. The summed E-state index contributed by atoms with van der Waals surface area (Å²) in [6.07, 6.45) is -1.000. The number of ether oxygens (including phenoxy) is 3. The molecule has 7 N–H and O–H groups in total. The Hall–Kier alpha value is -3.41. The van der Waals surface area contributed by atoms with E-state index < -0.39 is 42.6 Å². The smallest absolute Gasteiger partial charge is 0.351 e. The zero-order valence-corrected chi connectivity index (χ0v) is 19.6. The Morgan fingerprint density at radius 3 is 2.35 bits per heavy atom. The van der Waals surface area contributed by atoms with Crippen LogP contribution in [0.25, 0.3) is 11.2 Å². The number of hydrogen-bond acceptors (Lipinski definition) is 14. The van der Waals surface area contributed by atoms with E-state index in [0.717, 1.165) is 0 Å². The van der Waals surface area contributed by atoms with Gasteiger partial charge in [0.1, 0.15) is 37.1 Å². The van der Waals surface area contributed by atoms with Gasteiger partial charge in [0.05, 0.1) is 38.3 Å². The third kappa shape index (κ3) is 5.07. The van der Waals surface area contributed by atoms with Gasteiger partial charge >= 0.3 is 5.69 Å². The quantitative estimate of drug-likeness (QED) is 0.164. The molecule has 5 heterocycles. The predicted octanol–water partition coefficient (Wildman–Crippen LogP) is -2.26. The maximum atomic E-state index is 12.4. The third-order valence-corrected chi connectivity index (χ3v) is 6.27. The lowest BCUT2D eigenvalue weighted by atomic mass is 10.2. The van der Waals surface area contributed by atoms with Gasteiger partial charge < -0.3 is 45.7 Å². The second-order valence-corrected chi connectivity index (χ2v) is 8.72. The Bertz CT molecular complexity index is 1300. The van der Waals surface area contributed by atoms with E-state index >= 15 is 0 Å². The van der Waals surface area contributed by atoms with Crippen molar-refractivity contribution in [3.8, 4) is 5.88 Å². The number of nitrogens with two attached hydrogens (primary N) is 1. The van der Waals surface area contributed by atoms with Gasteiger partial charge in [-0.15, -0.1) is 0 Å². The highest BCUT2D eigenvalue weighted by Crippen LogP contribution is 2.32. The molecule has 2 fully saturated rings. The molecule has 0 spiro atoms. The largest absolute Gasteiger partial charge is 0.474 e. The minimum Gasteiger partial charge on any atom is -0.474 e. The molecule has 16 heteroatoms. The Morgan fingerprint density at radius 2 is 1.73 bits per heavy atom. The summed E-state index contributed by atoms with van der Waals surface area (Å²) in [7, 11) is 0. The van der Waals surface area contributed by atoms with Crippen LogP contribution < -0.4 is 21.5 Å². The van der Waals surface area contributed by atoms with Crippen LogP contribution in [0.1, 0.15) is 25.3 Å². The number of nitrogens with one attached hydrogen (secondary N) is 1. The van der Waals surface area contributed by atoms with E-state index in [9.17, 15) is 25.2 Å². The van der Waals surface area contributed by atoms with E-state index in [4.69, 9.17) is 19.9 Å². The Morgan fingerprint density at radius 1 is 1.05 bits per heavy atom. The molecule has 2 aliphatic heterocycles. The standard InChI is InChI=1S/C21H28N8O8/c22-20-26-18-17(24-9-29(18)16-6-11(33)13(8-31)37-16)19(27-20)35-4-2-23-14-1-3-28(21(34)25-14)15-5-10(32)12(7-30)36-15/h1,3,9-13,15-16,30-33H,2,4-8H2,(H2,22,26,27)(H,23,25,34)/t10-,11-,12+,13+,15+,16+/m0/s1. The first-order chi connectivity index (χ1) is 17.9. The number of hydrogen-bond donors (Lipinski definition) is 6. The van der Waals surface area contributed by atoms with Crippen molar-refractivity contribution in [2.75, 3.05) is 37.4 Å². The van der Waals surface area contributed by atoms with Crippen LogP contribution in [0.4, 0.5) is 11.8 Å². The first kappa shape index (κ1) is 25.2. The second kappa shape index (κ2) is 10.5. The van der Waals surface area contributed by atoms with Crippen molar-refractivity contribution in [1.29, 1.82) is 0 Å². The van der Waals surface area contributed by atoms with E-state index in [1.54, 1.807) is 10.6 Å². The number of fused-ring (bicyclic) bond motifs is 1. The van der Waals surface area contributed by atoms with Crippen molar-refractivity contribution >= 4 is 22.9 Å². The molecule has 200 valence electrons. The molecule has 2 aliphatic rings. The van der Waals surface area contributed by atoms with Crippen molar-refractivity contribution in [2.24, 2.45) is 0 Å². The van der Waals surface area contributed by atoms with Crippen LogP contribution in [0.2, 0.25) is 0 Å². The SMILES string of the molecule is Nc1nc(OCCNc2ccn([C@H]3C[C@H](O)[C@@H](CO)O3)c(=O)n2)c2ncn([C@H]3C[C@H](O)[C@@H](CO)O3)c2n1. The van der Waals surface area contributed by atoms with Crippen LogP contribution >= 0.6 is 0 Å². The Labute approximate surface area is 209 Å². The Kier molecular flexibility index (Phi) is 7.18. The average Bonchev–Trinajstić information content (AvgIpc) is 3.57. The summed E-state index contributed by atoms with van der Waals surface area (Å²) in [5.41, 5.74) is 6.00. The molecular weight excluding hydrogens is 492 g/mol. The van der Waals surface area contributed by atoms with Crippen LogP contribution in [0.3, 0.4) is 0 Å². The number of nitrogen functional groups attached to an aromatic ring is 1. The summed E-state index contributed by atoms with van der Waals surface area (Å²) in [5, 5.41) is 41.4. The average molecular weight is 521 g/mol. The fraction of sp³-hybridized carbons (Fsp3) is 0.571. The molecule has 3 aromatic rings. The van der Waals surface area contributed by atoms with Gasteiger partial charge in [0.15, 0.2) is 11.2 Å². The summed E-state index contributed by atoms with van der Waals surface area (Å²) in [6, 6.07) is 1.58. The summed E-state index contributed by atoms with van der Waals surface area (Å²) in [4.78, 5) is 29.0. The van der Waals surface area contributed by atoms with Crippen molar-refractivity contribution in [3.05, 3.63) is 29.1 Å². The molecule has 0 saturated carbocycles. The molecule has 37 heavy (non-hydrogen) atoms. The van der Waals surface area contributed by atoms with Gasteiger partial charge in [0, 0.05) is 19.0 Å². The molecule has 16 nitrogen and oxygen atoms in total. The zero-order valence-electron chi connectivity index (χ0n) is 19.6. The highest BCUT2D eigenvalue weighted by atomic mass is 16.5. The fourth-order valence-electron chi connectivity index (χ4n) is 4.38. The number of nitrogens with zero attached hydrogens (tertiary/aromatic N) is 6. The molecule has 3 aromatic heterocycles. The molecule has 5 rings (SSSR count). The molecule has 0 amide bonds. The van der Waals surface area contributed by atoms with Crippen LogP contribution in [-0.2, 0) is 9.47 Å². The molecule has 0 bridgehead atoms. The van der Waals surface area contributed by atoms with Crippen molar-refractivity contribution < 1.29 is 34.6 Å². The molecule has 0 aromatic carbocycles. The maximum absolute atomic E-state index is 12.4. The third-order valence-electron chi connectivity index (χ3n) is 6.27. The van der Waals surface area contributed by atoms with Crippen LogP contribution in [0, 0.1) is 0 Å². The van der Waals surface area contributed by atoms with Crippen LogP contribution in [0.5, 0.6) is 5.88 Å². The molecular formula is C21H28N8O8. The van der Waals surface area contributed by atoms with Gasteiger partial charge in [-0.3, -0.25) is 9.13 Å². The first-order valence-electron chi connectivity index (χ1n) is 11.7. The van der Waals surface area contributed by atoms with E-state index in [-0.39, 0.29) is 51.0 Å². The topological polar surface area (TPSA) is 225 Å². The van der Waals surface area contributed by atoms with Gasteiger partial charge in [-0.1, -0.05) is 0 Å². The molecule has 6 atom stereocenters. The second-order valence-electron chi connectivity index (χ2n) is 8.72. The van der Waals surface area contributed by atoms with E-state index in [2.05, 4.69) is 25.3 Å². The summed E-state index contributed by atoms with van der Waals surface area (Å²) in [6.45, 7) is -0.255. The van der Waals surface area contributed by atoms with E-state index in [1.807, 2.05) is 0 Å². The fourth-order valence-corrected chi connectivity index (χ4v) is 4.38. The van der Waals surface area contributed by atoms with Crippen LogP contribution in [-0.4, -0.2) is 100 Å². The first-order valence-corrected chi connectivity index (χ1v) is 11.7.